The van der Waals surface area contributed by atoms with Gasteiger partial charge in [-0.25, -0.2) is 4.90 Å². The van der Waals surface area contributed by atoms with Gasteiger partial charge in [0.2, 0.25) is 11.8 Å². The molecule has 3 aliphatic rings. The van der Waals surface area contributed by atoms with Crippen LogP contribution < -0.4 is 4.90 Å². The van der Waals surface area contributed by atoms with E-state index in [-0.39, 0.29) is 23.7 Å². The lowest BCUT2D eigenvalue weighted by Gasteiger charge is -2.25. The van der Waals surface area contributed by atoms with Crippen LogP contribution in [0, 0.1) is 11.8 Å². The van der Waals surface area contributed by atoms with Gasteiger partial charge in [-0.05, 0) is 24.3 Å². The lowest BCUT2D eigenvalue weighted by molar-refractivity contribution is -0.925. The van der Waals surface area contributed by atoms with Gasteiger partial charge in [-0.3, -0.25) is 9.59 Å². The van der Waals surface area contributed by atoms with E-state index in [1.54, 1.807) is 16.2 Å². The van der Waals surface area contributed by atoms with Gasteiger partial charge >= 0.3 is 0 Å². The van der Waals surface area contributed by atoms with E-state index in [2.05, 4.69) is 17.5 Å². The molecule has 1 aromatic rings. The maximum atomic E-state index is 12.6. The van der Waals surface area contributed by atoms with Crippen LogP contribution in [0.3, 0.4) is 0 Å². The average molecular weight is 319 g/mol. The molecule has 2 aliphatic heterocycles. The molecular formula is C17H23N2O2S+. The highest BCUT2D eigenvalue weighted by molar-refractivity contribution is 7.10. The summed E-state index contributed by atoms with van der Waals surface area (Å²) in [6.07, 6.45) is 6.37. The monoisotopic (exact) mass is 319 g/mol. The van der Waals surface area contributed by atoms with Crippen LogP contribution in [0.25, 0.3) is 0 Å². The quantitative estimate of drug-likeness (QED) is 0.860. The van der Waals surface area contributed by atoms with Crippen molar-refractivity contribution >= 4 is 23.2 Å². The Morgan fingerprint density at radius 2 is 1.82 bits per heavy atom. The summed E-state index contributed by atoms with van der Waals surface area (Å²) in [7, 11) is 0. The predicted octanol–water partition coefficient (Wildman–Crippen LogP) is 1.60. The Labute approximate surface area is 135 Å². The number of nitrogens with zero attached hydrogens (tertiary/aromatic N) is 1. The van der Waals surface area contributed by atoms with E-state index in [4.69, 9.17) is 0 Å². The molecular weight excluding hydrogens is 296 g/mol. The van der Waals surface area contributed by atoms with E-state index in [0.29, 0.717) is 12.7 Å². The fourth-order valence-electron chi connectivity index (χ4n) is 4.52. The molecule has 5 heteroatoms. The minimum absolute atomic E-state index is 0.0107. The van der Waals surface area contributed by atoms with Crippen LogP contribution in [-0.2, 0) is 9.59 Å². The maximum absolute atomic E-state index is 12.6. The van der Waals surface area contributed by atoms with Crippen LogP contribution in [0.1, 0.15) is 49.4 Å². The summed E-state index contributed by atoms with van der Waals surface area (Å²) in [6.45, 7) is 1.64. The second kappa shape index (κ2) is 5.78. The first kappa shape index (κ1) is 14.4. The van der Waals surface area contributed by atoms with E-state index >= 15 is 0 Å². The molecule has 0 aromatic carbocycles. The van der Waals surface area contributed by atoms with Gasteiger partial charge in [-0.2, -0.15) is 0 Å². The first-order chi connectivity index (χ1) is 10.8. The van der Waals surface area contributed by atoms with Gasteiger partial charge in [0.1, 0.15) is 6.04 Å². The molecule has 4 atom stereocenters. The van der Waals surface area contributed by atoms with Gasteiger partial charge in [0.25, 0.3) is 0 Å². The number of fused-ring (bicyclic) bond motifs is 1. The van der Waals surface area contributed by atoms with Gasteiger partial charge in [0.15, 0.2) is 6.67 Å². The zero-order valence-corrected chi connectivity index (χ0v) is 13.6. The molecule has 1 aliphatic carbocycles. The van der Waals surface area contributed by atoms with E-state index in [1.165, 1.54) is 22.6 Å². The molecule has 2 amide bonds. The van der Waals surface area contributed by atoms with Gasteiger partial charge in [-0.1, -0.05) is 18.9 Å². The Balaban J connectivity index is 1.50. The van der Waals surface area contributed by atoms with Crippen molar-refractivity contribution in [1.29, 1.82) is 0 Å². The van der Waals surface area contributed by atoms with Gasteiger partial charge in [-0.15, -0.1) is 11.3 Å². The number of hydrogen-bond acceptors (Lipinski definition) is 3. The van der Waals surface area contributed by atoms with Gasteiger partial charge in [0.05, 0.1) is 23.3 Å². The molecule has 118 valence electrons. The Morgan fingerprint density at radius 1 is 1.09 bits per heavy atom. The Kier molecular flexibility index (Phi) is 3.78. The van der Waals surface area contributed by atoms with E-state index in [0.717, 1.165) is 32.2 Å². The van der Waals surface area contributed by atoms with Crippen LogP contribution >= 0.6 is 11.3 Å². The zero-order chi connectivity index (χ0) is 15.1. The molecule has 22 heavy (non-hydrogen) atoms. The minimum atomic E-state index is -0.0107. The van der Waals surface area contributed by atoms with Crippen molar-refractivity contribution in [2.75, 3.05) is 13.2 Å². The Hall–Kier alpha value is -1.20. The molecule has 2 saturated heterocycles. The fraction of sp³-hybridized carbons (Fsp3) is 0.647. The SMILES string of the molecule is O=C1[C@H]2CCCC[C@H]2C(=O)N1C[NH+]1CCC[C@@H]1c1cccs1. The van der Waals surface area contributed by atoms with Crippen molar-refractivity contribution in [3.05, 3.63) is 22.4 Å². The fourth-order valence-corrected chi connectivity index (χ4v) is 5.44. The second-order valence-electron chi connectivity index (χ2n) is 6.88. The first-order valence-corrected chi connectivity index (χ1v) is 9.37. The van der Waals surface area contributed by atoms with Crippen LogP contribution in [0.5, 0.6) is 0 Å². The summed E-state index contributed by atoms with van der Waals surface area (Å²) in [5.74, 6) is 0.199. The lowest BCUT2D eigenvalue weighted by Crippen LogP contribution is -3.12. The molecule has 1 unspecified atom stereocenters. The lowest BCUT2D eigenvalue weighted by atomic mass is 9.81. The molecule has 0 radical (unpaired) electrons. The third kappa shape index (κ3) is 2.31. The Morgan fingerprint density at radius 3 is 2.45 bits per heavy atom. The van der Waals surface area contributed by atoms with Crippen molar-refractivity contribution in [2.45, 2.75) is 44.6 Å². The van der Waals surface area contributed by atoms with Crippen LogP contribution in [0.15, 0.2) is 17.5 Å². The highest BCUT2D eigenvalue weighted by atomic mass is 32.1. The largest absolute Gasteiger partial charge is 0.311 e. The number of nitrogens with one attached hydrogen (secondary N) is 1. The molecule has 3 heterocycles. The summed E-state index contributed by atoms with van der Waals surface area (Å²) in [6, 6.07) is 4.74. The van der Waals surface area contributed by atoms with Crippen molar-refractivity contribution in [1.82, 2.24) is 4.90 Å². The third-order valence-corrected chi connectivity index (χ3v) is 6.65. The third-order valence-electron chi connectivity index (χ3n) is 5.66. The predicted molar refractivity (Wildman–Crippen MR) is 84.3 cm³/mol. The summed E-state index contributed by atoms with van der Waals surface area (Å²) in [5.41, 5.74) is 0. The molecule has 1 N–H and O–H groups in total. The number of rotatable bonds is 3. The number of hydrogen-bond donors (Lipinski definition) is 1. The molecule has 4 nitrogen and oxygen atoms in total. The highest BCUT2D eigenvalue weighted by Gasteiger charge is 2.50. The highest BCUT2D eigenvalue weighted by Crippen LogP contribution is 2.37. The van der Waals surface area contributed by atoms with Crippen molar-refractivity contribution in [2.24, 2.45) is 11.8 Å². The Bertz CT molecular complexity index is 547. The number of thiophene rings is 1. The zero-order valence-electron chi connectivity index (χ0n) is 12.8. The number of carbonyl (C=O) groups is 2. The summed E-state index contributed by atoms with van der Waals surface area (Å²) < 4.78 is 0. The maximum Gasteiger partial charge on any atom is 0.237 e. The smallest absolute Gasteiger partial charge is 0.237 e. The van der Waals surface area contributed by atoms with Crippen LogP contribution in [-0.4, -0.2) is 29.9 Å². The average Bonchev–Trinajstić information content (AvgIpc) is 3.25. The van der Waals surface area contributed by atoms with Crippen molar-refractivity contribution in [3.8, 4) is 0 Å². The number of amides is 2. The van der Waals surface area contributed by atoms with Crippen LogP contribution in [0.2, 0.25) is 0 Å². The number of imide groups is 1. The second-order valence-corrected chi connectivity index (χ2v) is 7.86. The molecule has 3 fully saturated rings. The molecule has 0 spiro atoms. The number of likely N-dealkylation sites (tertiary alicyclic amines) is 2. The molecule has 4 rings (SSSR count). The minimum Gasteiger partial charge on any atom is -0.311 e. The van der Waals surface area contributed by atoms with E-state index in [1.807, 2.05) is 0 Å². The van der Waals surface area contributed by atoms with E-state index in [9.17, 15) is 9.59 Å². The summed E-state index contributed by atoms with van der Waals surface area (Å²) in [4.78, 5) is 29.6. The summed E-state index contributed by atoms with van der Waals surface area (Å²) >= 11 is 1.79. The van der Waals surface area contributed by atoms with E-state index < -0.39 is 0 Å². The molecule has 1 saturated carbocycles. The van der Waals surface area contributed by atoms with Gasteiger partial charge in [0, 0.05) is 12.8 Å². The van der Waals surface area contributed by atoms with Crippen molar-refractivity contribution < 1.29 is 14.5 Å². The summed E-state index contributed by atoms with van der Waals surface area (Å²) in [5, 5.41) is 2.12. The van der Waals surface area contributed by atoms with Crippen molar-refractivity contribution in [3.63, 3.8) is 0 Å². The number of carbonyl (C=O) groups excluding carboxylic acids is 2. The van der Waals surface area contributed by atoms with Gasteiger partial charge < -0.3 is 4.90 Å². The molecule has 0 bridgehead atoms. The molecule has 1 aromatic heterocycles. The van der Waals surface area contributed by atoms with Crippen LogP contribution in [0.4, 0.5) is 0 Å². The normalized spacial score (nSPS) is 35.2. The first-order valence-electron chi connectivity index (χ1n) is 8.49. The standard InChI is InChI=1S/C17H22N2O2S/c20-16-12-5-1-2-6-13(12)17(21)19(16)11-18-9-3-7-14(18)15-8-4-10-22-15/h4,8,10,12-14H,1-3,5-7,9,11H2/p+1/t12-,13+,14-/m1/s1. The topological polar surface area (TPSA) is 41.8 Å². The number of quaternary nitrogens is 1.